The maximum absolute atomic E-state index is 12.4. The molecule has 0 aliphatic carbocycles. The molecule has 36 heavy (non-hydrogen) atoms. The number of carbonyl (C=O) groups is 1. The van der Waals surface area contributed by atoms with Crippen LogP contribution < -0.4 is 15.5 Å². The van der Waals surface area contributed by atoms with E-state index < -0.39 is 6.03 Å². The summed E-state index contributed by atoms with van der Waals surface area (Å²) in [5.41, 5.74) is 3.86. The molecule has 0 radical (unpaired) electrons. The molecule has 2 amide bonds. The van der Waals surface area contributed by atoms with E-state index >= 15 is 0 Å². The SMILES string of the molecule is N#Cc1ccc(NC(=O)Nc2ccc(-c3c(-c4ncn[nH]4)sc(N4CCOCC4)c3C#N)cc2)cc1. The standard InChI is InChI=1S/C25H20N8O2S/c26-13-16-1-5-18(6-2-16)30-25(34)31-19-7-3-17(4-8-19)21-20(14-27)24(33-9-11-35-12-10-33)36-22(21)23-28-15-29-32-23/h1-8,15H,9-12H2,(H,28,29,32)(H2,30,31,34). The Labute approximate surface area is 210 Å². The zero-order valence-electron chi connectivity index (χ0n) is 19.0. The van der Waals surface area contributed by atoms with Crippen LogP contribution in [-0.2, 0) is 4.74 Å². The highest BCUT2D eigenvalue weighted by Gasteiger charge is 2.26. The van der Waals surface area contributed by atoms with E-state index in [1.165, 1.54) is 17.7 Å². The van der Waals surface area contributed by atoms with Crippen LogP contribution in [0.15, 0.2) is 54.9 Å². The van der Waals surface area contributed by atoms with E-state index in [1.807, 2.05) is 18.2 Å². The predicted molar refractivity (Wildman–Crippen MR) is 137 cm³/mol. The molecule has 5 rings (SSSR count). The number of hydrogen-bond acceptors (Lipinski definition) is 8. The van der Waals surface area contributed by atoms with E-state index in [0.717, 1.165) is 21.0 Å². The number of aromatic nitrogens is 3. The molecular weight excluding hydrogens is 476 g/mol. The van der Waals surface area contributed by atoms with Crippen LogP contribution in [0.2, 0.25) is 0 Å². The molecule has 0 spiro atoms. The van der Waals surface area contributed by atoms with Gasteiger partial charge in [0.25, 0.3) is 0 Å². The molecular formula is C25H20N8O2S. The first kappa shape index (κ1) is 23.1. The lowest BCUT2D eigenvalue weighted by atomic mass is 10.0. The van der Waals surface area contributed by atoms with Crippen LogP contribution >= 0.6 is 11.3 Å². The zero-order chi connectivity index (χ0) is 24.9. The van der Waals surface area contributed by atoms with Crippen LogP contribution in [-0.4, -0.2) is 47.5 Å². The van der Waals surface area contributed by atoms with Gasteiger partial charge in [0.15, 0.2) is 5.82 Å². The average molecular weight is 497 g/mol. The third-order valence-corrected chi connectivity index (χ3v) is 6.89. The lowest BCUT2D eigenvalue weighted by molar-refractivity contribution is 0.123. The first-order chi connectivity index (χ1) is 17.7. The lowest BCUT2D eigenvalue weighted by Crippen LogP contribution is -2.36. The van der Waals surface area contributed by atoms with Gasteiger partial charge in [-0.1, -0.05) is 12.1 Å². The minimum absolute atomic E-state index is 0.405. The number of thiophene rings is 1. The highest BCUT2D eigenvalue weighted by Crippen LogP contribution is 2.46. The van der Waals surface area contributed by atoms with Crippen molar-refractivity contribution in [1.29, 1.82) is 10.5 Å². The minimum atomic E-state index is -0.405. The number of nitriles is 2. The topological polar surface area (TPSA) is 143 Å². The van der Waals surface area contributed by atoms with Gasteiger partial charge in [-0.3, -0.25) is 5.10 Å². The molecule has 1 saturated heterocycles. The molecule has 4 aromatic rings. The van der Waals surface area contributed by atoms with E-state index in [0.29, 0.717) is 54.6 Å². The number of morpholine rings is 1. The van der Waals surface area contributed by atoms with Crippen molar-refractivity contribution >= 4 is 33.7 Å². The Morgan fingerprint density at radius 3 is 2.25 bits per heavy atom. The summed E-state index contributed by atoms with van der Waals surface area (Å²) in [6.45, 7) is 2.64. The lowest BCUT2D eigenvalue weighted by Gasteiger charge is -2.27. The largest absolute Gasteiger partial charge is 0.378 e. The van der Waals surface area contributed by atoms with Gasteiger partial charge in [-0.15, -0.1) is 11.3 Å². The third kappa shape index (κ3) is 4.74. The molecule has 2 aromatic heterocycles. The number of aromatic amines is 1. The molecule has 0 atom stereocenters. The molecule has 0 unspecified atom stereocenters. The van der Waals surface area contributed by atoms with Gasteiger partial charge in [0.2, 0.25) is 0 Å². The number of urea groups is 1. The summed E-state index contributed by atoms with van der Waals surface area (Å²) in [5, 5.41) is 32.3. The summed E-state index contributed by atoms with van der Waals surface area (Å²) < 4.78 is 5.48. The van der Waals surface area contributed by atoms with Gasteiger partial charge in [0, 0.05) is 30.0 Å². The van der Waals surface area contributed by atoms with E-state index in [4.69, 9.17) is 10.00 Å². The Morgan fingerprint density at radius 2 is 1.67 bits per heavy atom. The first-order valence-corrected chi connectivity index (χ1v) is 11.9. The third-order valence-electron chi connectivity index (χ3n) is 5.63. The molecule has 0 saturated carbocycles. The van der Waals surface area contributed by atoms with E-state index in [-0.39, 0.29) is 0 Å². The van der Waals surface area contributed by atoms with Crippen molar-refractivity contribution in [2.45, 2.75) is 0 Å². The number of H-pyrrole nitrogens is 1. The van der Waals surface area contributed by atoms with Gasteiger partial charge in [0.05, 0.1) is 35.3 Å². The molecule has 0 bridgehead atoms. The fourth-order valence-electron chi connectivity index (χ4n) is 3.91. The van der Waals surface area contributed by atoms with Crippen molar-refractivity contribution in [3.8, 4) is 34.0 Å². The van der Waals surface area contributed by atoms with Crippen molar-refractivity contribution in [2.24, 2.45) is 0 Å². The number of nitrogens with zero attached hydrogens (tertiary/aromatic N) is 5. The Morgan fingerprint density at radius 1 is 1.00 bits per heavy atom. The van der Waals surface area contributed by atoms with Gasteiger partial charge in [-0.05, 0) is 42.0 Å². The predicted octanol–water partition coefficient (Wildman–Crippen LogP) is 4.42. The summed E-state index contributed by atoms with van der Waals surface area (Å²) in [6, 6.07) is 17.9. The summed E-state index contributed by atoms with van der Waals surface area (Å²) in [5.74, 6) is 0.593. The van der Waals surface area contributed by atoms with E-state index in [9.17, 15) is 10.1 Å². The average Bonchev–Trinajstić information content (AvgIpc) is 3.58. The summed E-state index contributed by atoms with van der Waals surface area (Å²) in [4.78, 5) is 19.7. The second-order valence-corrected chi connectivity index (χ2v) is 8.88. The Bertz CT molecular complexity index is 1440. The Hall–Kier alpha value is -4.71. The summed E-state index contributed by atoms with van der Waals surface area (Å²) >= 11 is 1.50. The van der Waals surface area contributed by atoms with Gasteiger partial charge < -0.3 is 20.3 Å². The van der Waals surface area contributed by atoms with Gasteiger partial charge in [-0.25, -0.2) is 9.78 Å². The van der Waals surface area contributed by atoms with Crippen molar-refractivity contribution in [3.05, 3.63) is 66.0 Å². The highest BCUT2D eigenvalue weighted by atomic mass is 32.1. The number of nitrogens with one attached hydrogen (secondary N) is 3. The number of rotatable bonds is 5. The van der Waals surface area contributed by atoms with E-state index in [2.05, 4.69) is 36.8 Å². The molecule has 3 N–H and O–H groups in total. The van der Waals surface area contributed by atoms with Crippen molar-refractivity contribution < 1.29 is 9.53 Å². The normalized spacial score (nSPS) is 13.0. The Balaban J connectivity index is 1.41. The van der Waals surface area contributed by atoms with Crippen molar-refractivity contribution in [1.82, 2.24) is 15.2 Å². The van der Waals surface area contributed by atoms with Crippen LogP contribution in [0.25, 0.3) is 21.8 Å². The summed E-state index contributed by atoms with van der Waals surface area (Å²) in [6.07, 6.45) is 1.44. The number of ether oxygens (including phenoxy) is 1. The highest BCUT2D eigenvalue weighted by molar-refractivity contribution is 7.20. The molecule has 1 aliphatic rings. The monoisotopic (exact) mass is 496 g/mol. The quantitative estimate of drug-likeness (QED) is 0.371. The number of carbonyl (C=O) groups excluding carboxylic acids is 1. The van der Waals surface area contributed by atoms with Crippen LogP contribution in [0.4, 0.5) is 21.2 Å². The molecule has 3 heterocycles. The molecule has 178 valence electrons. The van der Waals surface area contributed by atoms with Crippen molar-refractivity contribution in [3.63, 3.8) is 0 Å². The molecule has 2 aromatic carbocycles. The number of hydrogen-bond donors (Lipinski definition) is 3. The van der Waals surface area contributed by atoms with Gasteiger partial charge in [0.1, 0.15) is 17.4 Å². The maximum Gasteiger partial charge on any atom is 0.323 e. The smallest absolute Gasteiger partial charge is 0.323 e. The van der Waals surface area contributed by atoms with Crippen LogP contribution in [0.1, 0.15) is 11.1 Å². The molecule has 1 aliphatic heterocycles. The zero-order valence-corrected chi connectivity index (χ0v) is 19.8. The summed E-state index contributed by atoms with van der Waals surface area (Å²) in [7, 11) is 0. The number of amides is 2. The minimum Gasteiger partial charge on any atom is -0.378 e. The fourth-order valence-corrected chi connectivity index (χ4v) is 5.18. The van der Waals surface area contributed by atoms with Gasteiger partial charge in [-0.2, -0.15) is 15.6 Å². The van der Waals surface area contributed by atoms with Gasteiger partial charge >= 0.3 is 6.03 Å². The number of benzene rings is 2. The molecule has 1 fully saturated rings. The second kappa shape index (κ2) is 10.3. The van der Waals surface area contributed by atoms with E-state index in [1.54, 1.807) is 36.4 Å². The molecule has 10 nitrogen and oxygen atoms in total. The van der Waals surface area contributed by atoms with Crippen molar-refractivity contribution in [2.75, 3.05) is 41.8 Å². The Kier molecular flexibility index (Phi) is 6.58. The second-order valence-electron chi connectivity index (χ2n) is 7.88. The van der Waals surface area contributed by atoms with Crippen LogP contribution in [0.5, 0.6) is 0 Å². The van der Waals surface area contributed by atoms with Crippen LogP contribution in [0, 0.1) is 22.7 Å². The number of anilines is 3. The van der Waals surface area contributed by atoms with Crippen LogP contribution in [0.3, 0.4) is 0 Å². The maximum atomic E-state index is 12.4. The molecule has 11 heteroatoms. The fraction of sp³-hybridized carbons (Fsp3) is 0.160. The first-order valence-electron chi connectivity index (χ1n) is 11.1.